The van der Waals surface area contributed by atoms with Gasteiger partial charge in [0.1, 0.15) is 5.52 Å². The van der Waals surface area contributed by atoms with Gasteiger partial charge in [-0.2, -0.15) is 0 Å². The number of benzene rings is 1. The molecule has 0 atom stereocenters. The average molecular weight is 331 g/mol. The Labute approximate surface area is 141 Å². The maximum Gasteiger partial charge on any atom is 0.263 e. The van der Waals surface area contributed by atoms with Gasteiger partial charge >= 0.3 is 0 Å². The second-order valence-corrected chi connectivity index (χ2v) is 5.62. The van der Waals surface area contributed by atoms with Gasteiger partial charge in [-0.1, -0.05) is 26.8 Å². The Morgan fingerprint density at radius 2 is 1.71 bits per heavy atom. The van der Waals surface area contributed by atoms with E-state index in [-0.39, 0.29) is 0 Å². The monoisotopic (exact) mass is 331 g/mol. The van der Waals surface area contributed by atoms with Gasteiger partial charge in [0, 0.05) is 12.4 Å². The summed E-state index contributed by atoms with van der Waals surface area (Å²) in [5.74, 6) is 0. The summed E-state index contributed by atoms with van der Waals surface area (Å²) in [6.07, 6.45) is 4.92. The van der Waals surface area contributed by atoms with Gasteiger partial charge < -0.3 is 19.9 Å². The van der Waals surface area contributed by atoms with Crippen molar-refractivity contribution in [1.29, 1.82) is 0 Å². The van der Waals surface area contributed by atoms with E-state index in [1.165, 1.54) is 22.0 Å². The minimum atomic E-state index is -2.17. The molecular formula is C18H25N3O3. The van der Waals surface area contributed by atoms with Gasteiger partial charge in [0.2, 0.25) is 0 Å². The fourth-order valence-corrected chi connectivity index (χ4v) is 3.15. The van der Waals surface area contributed by atoms with E-state index in [0.29, 0.717) is 0 Å². The molecule has 24 heavy (non-hydrogen) atoms. The number of pyridine rings is 1. The van der Waals surface area contributed by atoms with Crippen LogP contribution in [0.1, 0.15) is 37.6 Å². The molecule has 0 radical (unpaired) electrons. The van der Waals surface area contributed by atoms with Crippen LogP contribution in [0.4, 0.5) is 0 Å². The second kappa shape index (κ2) is 7.70. The summed E-state index contributed by atoms with van der Waals surface area (Å²) in [6, 6.07) is 4.40. The zero-order valence-electron chi connectivity index (χ0n) is 14.6. The molecule has 0 aliphatic rings. The van der Waals surface area contributed by atoms with Crippen LogP contribution in [0.25, 0.3) is 21.9 Å². The van der Waals surface area contributed by atoms with Crippen LogP contribution >= 0.6 is 0 Å². The Balaban J connectivity index is 0.000000471. The van der Waals surface area contributed by atoms with Crippen LogP contribution in [-0.4, -0.2) is 36.3 Å². The molecule has 1 aromatic carbocycles. The Bertz CT molecular complexity index is 838. The standard InChI is InChI=1S/C17H21N3.CH4O3/c1-5-11-8-9-14-15(12(11)6-2)17-16(13(7-3)19-14)18-10-20(17)4;2-1(3)4/h8-10H,5-7H2,1-4H3;1-4H. The predicted molar refractivity (Wildman–Crippen MR) is 94.6 cm³/mol. The summed E-state index contributed by atoms with van der Waals surface area (Å²) in [7, 11) is 2.08. The van der Waals surface area contributed by atoms with E-state index in [2.05, 4.69) is 49.5 Å². The lowest BCUT2D eigenvalue weighted by molar-refractivity contribution is -0.198. The minimum Gasteiger partial charge on any atom is -0.346 e. The van der Waals surface area contributed by atoms with Crippen molar-refractivity contribution in [2.75, 3.05) is 0 Å². The summed E-state index contributed by atoms with van der Waals surface area (Å²) in [5.41, 5.74) is 7.35. The molecule has 0 aliphatic carbocycles. The number of fused-ring (bicyclic) bond motifs is 3. The first-order valence-corrected chi connectivity index (χ1v) is 8.23. The molecule has 6 heteroatoms. The van der Waals surface area contributed by atoms with Crippen molar-refractivity contribution >= 4 is 21.9 Å². The molecule has 2 heterocycles. The molecule has 0 bridgehead atoms. The molecule has 0 unspecified atom stereocenters. The van der Waals surface area contributed by atoms with Crippen molar-refractivity contribution in [2.24, 2.45) is 7.05 Å². The van der Waals surface area contributed by atoms with Crippen molar-refractivity contribution < 1.29 is 15.3 Å². The molecule has 0 fully saturated rings. The minimum absolute atomic E-state index is 0.917. The lowest BCUT2D eigenvalue weighted by Gasteiger charge is -2.13. The van der Waals surface area contributed by atoms with E-state index in [1.54, 1.807) is 0 Å². The van der Waals surface area contributed by atoms with Gasteiger partial charge in [-0.05, 0) is 36.5 Å². The number of aromatic nitrogens is 3. The first-order valence-electron chi connectivity index (χ1n) is 8.23. The maximum absolute atomic E-state index is 7.17. The van der Waals surface area contributed by atoms with E-state index >= 15 is 0 Å². The largest absolute Gasteiger partial charge is 0.346 e. The van der Waals surface area contributed by atoms with Gasteiger partial charge in [0.05, 0.1) is 23.1 Å². The second-order valence-electron chi connectivity index (χ2n) is 5.62. The Hall–Kier alpha value is -2.02. The summed E-state index contributed by atoms with van der Waals surface area (Å²) in [5, 5.41) is 22.8. The zero-order chi connectivity index (χ0) is 17.9. The van der Waals surface area contributed by atoms with Crippen LogP contribution in [0, 0.1) is 0 Å². The molecular weight excluding hydrogens is 306 g/mol. The highest BCUT2D eigenvalue weighted by atomic mass is 16.6. The third-order valence-electron chi connectivity index (χ3n) is 4.16. The highest BCUT2D eigenvalue weighted by Crippen LogP contribution is 2.31. The van der Waals surface area contributed by atoms with E-state index in [4.69, 9.17) is 20.3 Å². The fraction of sp³-hybridized carbons (Fsp3) is 0.444. The highest BCUT2D eigenvalue weighted by molar-refractivity contribution is 6.05. The molecule has 130 valence electrons. The summed E-state index contributed by atoms with van der Waals surface area (Å²) in [4.78, 5) is 9.41. The van der Waals surface area contributed by atoms with Crippen molar-refractivity contribution in [3.8, 4) is 0 Å². The number of aryl methyl sites for hydroxylation is 4. The van der Waals surface area contributed by atoms with E-state index in [0.717, 1.165) is 36.0 Å². The molecule has 3 N–H and O–H groups in total. The van der Waals surface area contributed by atoms with Gasteiger partial charge in [0.15, 0.2) is 0 Å². The number of hydrogen-bond donors (Lipinski definition) is 3. The molecule has 0 saturated carbocycles. The van der Waals surface area contributed by atoms with Gasteiger partial charge in [-0.3, -0.25) is 4.98 Å². The van der Waals surface area contributed by atoms with Gasteiger partial charge in [-0.15, -0.1) is 0 Å². The third-order valence-corrected chi connectivity index (χ3v) is 4.16. The Kier molecular flexibility index (Phi) is 5.88. The normalized spacial score (nSPS) is 11.2. The first kappa shape index (κ1) is 18.3. The number of nitrogens with zero attached hydrogens (tertiary/aromatic N) is 3. The lowest BCUT2D eigenvalue weighted by Crippen LogP contribution is -1.99. The molecule has 0 spiro atoms. The smallest absolute Gasteiger partial charge is 0.263 e. The van der Waals surface area contributed by atoms with Crippen molar-refractivity contribution in [1.82, 2.24) is 14.5 Å². The number of aliphatic hydroxyl groups is 3. The quantitative estimate of drug-likeness (QED) is 0.639. The molecule has 3 aromatic rings. The molecule has 3 rings (SSSR count). The van der Waals surface area contributed by atoms with E-state index in [9.17, 15) is 0 Å². The summed E-state index contributed by atoms with van der Waals surface area (Å²) < 4.78 is 2.14. The topological polar surface area (TPSA) is 91.4 Å². The molecule has 0 amide bonds. The SMILES string of the molecule is CCc1ccc2nc(CC)c3ncn(C)c3c2c1CC.OC(O)O. The zero-order valence-corrected chi connectivity index (χ0v) is 14.6. The number of imidazole rings is 1. The van der Waals surface area contributed by atoms with Crippen LogP contribution in [-0.2, 0) is 26.3 Å². The van der Waals surface area contributed by atoms with Crippen LogP contribution in [0.3, 0.4) is 0 Å². The van der Waals surface area contributed by atoms with Gasteiger partial charge in [-0.25, -0.2) is 4.98 Å². The van der Waals surface area contributed by atoms with Crippen molar-refractivity contribution in [3.63, 3.8) is 0 Å². The number of rotatable bonds is 3. The number of hydrogen-bond acceptors (Lipinski definition) is 5. The average Bonchev–Trinajstić information content (AvgIpc) is 2.94. The Morgan fingerprint density at radius 1 is 1.04 bits per heavy atom. The van der Waals surface area contributed by atoms with Crippen LogP contribution in [0.5, 0.6) is 0 Å². The van der Waals surface area contributed by atoms with Crippen LogP contribution in [0.15, 0.2) is 18.5 Å². The molecule has 2 aromatic heterocycles. The van der Waals surface area contributed by atoms with E-state index in [1.807, 2.05) is 6.33 Å². The fourth-order valence-electron chi connectivity index (χ4n) is 3.15. The molecule has 0 aliphatic heterocycles. The molecule has 6 nitrogen and oxygen atoms in total. The Morgan fingerprint density at radius 3 is 2.25 bits per heavy atom. The number of aliphatic hydroxyl groups excluding tert-OH is 1. The summed E-state index contributed by atoms with van der Waals surface area (Å²) in [6.45, 7) is 4.42. The molecule has 0 saturated heterocycles. The van der Waals surface area contributed by atoms with Crippen molar-refractivity contribution in [2.45, 2.75) is 46.5 Å². The lowest BCUT2D eigenvalue weighted by atomic mass is 9.96. The van der Waals surface area contributed by atoms with Gasteiger partial charge in [0.25, 0.3) is 6.48 Å². The third kappa shape index (κ3) is 3.40. The maximum atomic E-state index is 7.17. The van der Waals surface area contributed by atoms with Crippen LogP contribution < -0.4 is 0 Å². The van der Waals surface area contributed by atoms with Crippen LogP contribution in [0.2, 0.25) is 0 Å². The van der Waals surface area contributed by atoms with Crippen molar-refractivity contribution in [3.05, 3.63) is 35.3 Å². The van der Waals surface area contributed by atoms with E-state index < -0.39 is 6.48 Å². The highest BCUT2D eigenvalue weighted by Gasteiger charge is 2.15. The first-order chi connectivity index (χ1) is 11.4. The summed E-state index contributed by atoms with van der Waals surface area (Å²) >= 11 is 0. The predicted octanol–water partition coefficient (Wildman–Crippen LogP) is 2.06.